The first-order valence-electron chi connectivity index (χ1n) is 10.7. The summed E-state index contributed by atoms with van der Waals surface area (Å²) >= 11 is 0. The van der Waals surface area contributed by atoms with Crippen molar-refractivity contribution in [2.24, 2.45) is 5.92 Å². The number of hydrogen-bond acceptors (Lipinski definition) is 6. The molecule has 1 saturated heterocycles. The Morgan fingerprint density at radius 1 is 1.23 bits per heavy atom. The minimum atomic E-state index is -0.0387. The van der Waals surface area contributed by atoms with Gasteiger partial charge in [-0.05, 0) is 43.0 Å². The summed E-state index contributed by atoms with van der Waals surface area (Å²) in [5.41, 5.74) is 3.74. The summed E-state index contributed by atoms with van der Waals surface area (Å²) in [5, 5.41) is 11.7. The molecule has 30 heavy (non-hydrogen) atoms. The van der Waals surface area contributed by atoms with Gasteiger partial charge in [-0.3, -0.25) is 9.69 Å². The number of nitrogens with one attached hydrogen (secondary N) is 1. The van der Waals surface area contributed by atoms with Crippen LogP contribution in [0.1, 0.15) is 34.8 Å². The summed E-state index contributed by atoms with van der Waals surface area (Å²) in [7, 11) is 1.72. The number of aryl methyl sites for hydroxylation is 2. The standard InChI is InChI=1S/C22H31N5O3/c1-15-11-19(29-3)16(2)10-18(15)13-26-6-4-20-24-25-21(27(20)8-7-26)12-23-22(28)17-5-9-30-14-17/h10-11,17H,4-9,12-14H2,1-3H3,(H,23,28)/t17-/m1/s1. The number of amides is 1. The molecule has 0 bridgehead atoms. The molecule has 1 fully saturated rings. The van der Waals surface area contributed by atoms with E-state index in [1.807, 2.05) is 0 Å². The Labute approximate surface area is 177 Å². The third kappa shape index (κ3) is 4.49. The molecule has 2 aliphatic rings. The van der Waals surface area contributed by atoms with Crippen LogP contribution in [0.5, 0.6) is 5.75 Å². The van der Waals surface area contributed by atoms with Gasteiger partial charge in [0.25, 0.3) is 0 Å². The van der Waals surface area contributed by atoms with Gasteiger partial charge in [-0.25, -0.2) is 0 Å². The first kappa shape index (κ1) is 20.8. The maximum Gasteiger partial charge on any atom is 0.225 e. The minimum Gasteiger partial charge on any atom is -0.496 e. The van der Waals surface area contributed by atoms with Crippen LogP contribution in [0.2, 0.25) is 0 Å². The van der Waals surface area contributed by atoms with Crippen molar-refractivity contribution in [2.75, 3.05) is 33.4 Å². The summed E-state index contributed by atoms with van der Waals surface area (Å²) in [6.45, 7) is 9.42. The maximum atomic E-state index is 12.3. The van der Waals surface area contributed by atoms with Crippen molar-refractivity contribution in [3.05, 3.63) is 40.5 Å². The Morgan fingerprint density at radius 2 is 2.10 bits per heavy atom. The summed E-state index contributed by atoms with van der Waals surface area (Å²) < 4.78 is 12.9. The normalized spacial score (nSPS) is 19.4. The molecule has 0 radical (unpaired) electrons. The van der Waals surface area contributed by atoms with Crippen molar-refractivity contribution in [3.8, 4) is 5.75 Å². The Balaban J connectivity index is 1.37. The van der Waals surface area contributed by atoms with Crippen molar-refractivity contribution < 1.29 is 14.3 Å². The van der Waals surface area contributed by atoms with Crippen LogP contribution >= 0.6 is 0 Å². The van der Waals surface area contributed by atoms with Crippen molar-refractivity contribution >= 4 is 5.91 Å². The number of hydrogen-bond donors (Lipinski definition) is 1. The summed E-state index contributed by atoms with van der Waals surface area (Å²) in [6, 6.07) is 4.35. The second-order valence-electron chi connectivity index (χ2n) is 8.24. The highest BCUT2D eigenvalue weighted by atomic mass is 16.5. The first-order valence-corrected chi connectivity index (χ1v) is 10.7. The fourth-order valence-electron chi connectivity index (χ4n) is 4.25. The number of methoxy groups -OCH3 is 1. The molecule has 162 valence electrons. The maximum absolute atomic E-state index is 12.3. The zero-order valence-corrected chi connectivity index (χ0v) is 18.1. The predicted octanol–water partition coefficient (Wildman–Crippen LogP) is 1.61. The Kier molecular flexibility index (Phi) is 6.34. The van der Waals surface area contributed by atoms with Crippen molar-refractivity contribution in [1.82, 2.24) is 25.0 Å². The number of carbonyl (C=O) groups excluding carboxylic acids is 1. The number of rotatable bonds is 6. The first-order chi connectivity index (χ1) is 14.5. The van der Waals surface area contributed by atoms with Crippen LogP contribution in [-0.2, 0) is 35.6 Å². The van der Waals surface area contributed by atoms with E-state index in [-0.39, 0.29) is 11.8 Å². The molecule has 3 heterocycles. The number of ether oxygens (including phenoxy) is 2. The smallest absolute Gasteiger partial charge is 0.225 e. The fraction of sp³-hybridized carbons (Fsp3) is 0.591. The molecule has 4 rings (SSSR count). The number of fused-ring (bicyclic) bond motifs is 1. The van der Waals surface area contributed by atoms with E-state index in [4.69, 9.17) is 9.47 Å². The highest BCUT2D eigenvalue weighted by molar-refractivity contribution is 5.78. The second-order valence-corrected chi connectivity index (χ2v) is 8.24. The van der Waals surface area contributed by atoms with Crippen LogP contribution in [0.15, 0.2) is 12.1 Å². The zero-order chi connectivity index (χ0) is 21.1. The van der Waals surface area contributed by atoms with Gasteiger partial charge in [0.1, 0.15) is 11.6 Å². The lowest BCUT2D eigenvalue weighted by molar-refractivity contribution is -0.125. The topological polar surface area (TPSA) is 81.5 Å². The summed E-state index contributed by atoms with van der Waals surface area (Å²) in [4.78, 5) is 14.7. The summed E-state index contributed by atoms with van der Waals surface area (Å²) in [5.74, 6) is 2.77. The predicted molar refractivity (Wildman–Crippen MR) is 112 cm³/mol. The lowest BCUT2D eigenvalue weighted by atomic mass is 10.0. The molecule has 0 saturated carbocycles. The second kappa shape index (κ2) is 9.14. The lowest BCUT2D eigenvalue weighted by Crippen LogP contribution is -2.32. The summed E-state index contributed by atoms with van der Waals surface area (Å²) in [6.07, 6.45) is 1.65. The number of carbonyl (C=O) groups is 1. The van der Waals surface area contributed by atoms with Gasteiger partial charge in [-0.2, -0.15) is 0 Å². The van der Waals surface area contributed by atoms with E-state index in [2.05, 4.69) is 51.0 Å². The van der Waals surface area contributed by atoms with Gasteiger partial charge in [0.15, 0.2) is 5.82 Å². The molecule has 1 N–H and O–H groups in total. The van der Waals surface area contributed by atoms with E-state index < -0.39 is 0 Å². The third-order valence-electron chi connectivity index (χ3n) is 6.16. The quantitative estimate of drug-likeness (QED) is 0.775. The van der Waals surface area contributed by atoms with Crippen molar-refractivity contribution in [2.45, 2.75) is 46.3 Å². The van der Waals surface area contributed by atoms with Crippen LogP contribution < -0.4 is 10.1 Å². The van der Waals surface area contributed by atoms with E-state index in [0.717, 1.165) is 62.0 Å². The molecule has 0 aliphatic carbocycles. The molecular weight excluding hydrogens is 382 g/mol. The highest BCUT2D eigenvalue weighted by Gasteiger charge is 2.24. The molecule has 2 aromatic rings. The Bertz CT molecular complexity index is 904. The molecule has 2 aliphatic heterocycles. The van der Waals surface area contributed by atoms with Crippen molar-refractivity contribution in [1.29, 1.82) is 0 Å². The van der Waals surface area contributed by atoms with Crippen LogP contribution in [-0.4, -0.2) is 59.0 Å². The molecule has 0 spiro atoms. The van der Waals surface area contributed by atoms with Gasteiger partial charge in [-0.15, -0.1) is 10.2 Å². The minimum absolute atomic E-state index is 0.0387. The van der Waals surface area contributed by atoms with Gasteiger partial charge in [0.05, 0.1) is 26.2 Å². The van der Waals surface area contributed by atoms with Crippen LogP contribution in [0.3, 0.4) is 0 Å². The number of benzene rings is 1. The highest BCUT2D eigenvalue weighted by Crippen LogP contribution is 2.24. The molecule has 1 aromatic heterocycles. The van der Waals surface area contributed by atoms with Crippen LogP contribution in [0.25, 0.3) is 0 Å². The van der Waals surface area contributed by atoms with Gasteiger partial charge in [0, 0.05) is 39.2 Å². The van der Waals surface area contributed by atoms with E-state index >= 15 is 0 Å². The van der Waals surface area contributed by atoms with Gasteiger partial charge in [-0.1, -0.05) is 6.07 Å². The van der Waals surface area contributed by atoms with Gasteiger partial charge < -0.3 is 19.4 Å². The largest absolute Gasteiger partial charge is 0.496 e. The molecule has 8 heteroatoms. The van der Waals surface area contributed by atoms with E-state index in [1.165, 1.54) is 11.1 Å². The molecule has 1 atom stereocenters. The molecular formula is C22H31N5O3. The van der Waals surface area contributed by atoms with Crippen LogP contribution in [0.4, 0.5) is 0 Å². The zero-order valence-electron chi connectivity index (χ0n) is 18.1. The number of aromatic nitrogens is 3. The van der Waals surface area contributed by atoms with E-state index in [0.29, 0.717) is 19.8 Å². The van der Waals surface area contributed by atoms with Crippen LogP contribution in [0, 0.1) is 19.8 Å². The molecule has 1 amide bonds. The number of nitrogens with zero attached hydrogens (tertiary/aromatic N) is 4. The molecule has 8 nitrogen and oxygen atoms in total. The van der Waals surface area contributed by atoms with E-state index in [9.17, 15) is 4.79 Å². The van der Waals surface area contributed by atoms with Gasteiger partial charge in [0.2, 0.25) is 5.91 Å². The monoisotopic (exact) mass is 413 g/mol. The third-order valence-corrected chi connectivity index (χ3v) is 6.16. The molecule has 1 aromatic carbocycles. The van der Waals surface area contributed by atoms with Gasteiger partial charge >= 0.3 is 0 Å². The fourth-order valence-corrected chi connectivity index (χ4v) is 4.25. The average Bonchev–Trinajstić information content (AvgIpc) is 3.37. The Morgan fingerprint density at radius 3 is 2.87 bits per heavy atom. The Hall–Kier alpha value is -2.45. The van der Waals surface area contributed by atoms with E-state index in [1.54, 1.807) is 7.11 Å². The average molecular weight is 414 g/mol. The van der Waals surface area contributed by atoms with Crippen molar-refractivity contribution in [3.63, 3.8) is 0 Å². The lowest BCUT2D eigenvalue weighted by Gasteiger charge is -2.21. The molecule has 0 unspecified atom stereocenters. The SMILES string of the molecule is COc1cc(C)c(CN2CCc3nnc(CNC(=O)[C@@H]4CCOC4)n3CC2)cc1C.